The van der Waals surface area contributed by atoms with Crippen molar-refractivity contribution in [2.75, 3.05) is 13.1 Å². The summed E-state index contributed by atoms with van der Waals surface area (Å²) in [5.41, 5.74) is 4.23. The van der Waals surface area contributed by atoms with Crippen molar-refractivity contribution in [3.8, 4) is 5.95 Å². The number of rotatable bonds is 5. The first-order valence-corrected chi connectivity index (χ1v) is 8.87. The minimum absolute atomic E-state index is 0.114. The van der Waals surface area contributed by atoms with Crippen LogP contribution in [0, 0.1) is 6.92 Å². The lowest BCUT2D eigenvalue weighted by molar-refractivity contribution is 0.0960. The van der Waals surface area contributed by atoms with Gasteiger partial charge in [-0.25, -0.2) is 14.6 Å². The molecule has 0 aliphatic carbocycles. The number of Topliss-reactive ketones (excluding diaryl/α,β-unsaturated/α-hetero) is 1. The van der Waals surface area contributed by atoms with Gasteiger partial charge in [0, 0.05) is 38.4 Å². The number of hydrogen-bond donors (Lipinski definition) is 0. The van der Waals surface area contributed by atoms with E-state index in [-0.39, 0.29) is 5.78 Å². The number of nitrogens with zero attached hydrogens (tertiary/aromatic N) is 5. The molecule has 0 bridgehead atoms. The Labute approximate surface area is 152 Å². The van der Waals surface area contributed by atoms with Gasteiger partial charge in [-0.2, -0.15) is 5.10 Å². The van der Waals surface area contributed by atoms with Crippen LogP contribution in [0.5, 0.6) is 0 Å². The number of carbonyl (C=O) groups is 1. The highest BCUT2D eigenvalue weighted by atomic mass is 16.1. The van der Waals surface area contributed by atoms with Gasteiger partial charge >= 0.3 is 0 Å². The van der Waals surface area contributed by atoms with Gasteiger partial charge in [0.2, 0.25) is 0 Å². The summed E-state index contributed by atoms with van der Waals surface area (Å²) in [6.07, 6.45) is 6.49. The molecule has 2 aromatic heterocycles. The molecular formula is C20H21N5O. The van der Waals surface area contributed by atoms with Crippen molar-refractivity contribution in [3.05, 3.63) is 71.3 Å². The monoisotopic (exact) mass is 347 g/mol. The quantitative estimate of drug-likeness (QED) is 0.664. The fraction of sp³-hybridized carbons (Fsp3) is 0.300. The molecule has 1 aliphatic rings. The summed E-state index contributed by atoms with van der Waals surface area (Å²) in [5, 5.41) is 4.29. The zero-order chi connectivity index (χ0) is 17.9. The van der Waals surface area contributed by atoms with Crippen molar-refractivity contribution in [1.82, 2.24) is 24.6 Å². The van der Waals surface area contributed by atoms with E-state index in [1.54, 1.807) is 29.3 Å². The molecule has 0 unspecified atom stereocenters. The summed E-state index contributed by atoms with van der Waals surface area (Å²) < 4.78 is 1.62. The van der Waals surface area contributed by atoms with E-state index in [4.69, 9.17) is 0 Å². The Kier molecular flexibility index (Phi) is 4.58. The van der Waals surface area contributed by atoms with Crippen molar-refractivity contribution in [1.29, 1.82) is 0 Å². The van der Waals surface area contributed by atoms with Gasteiger partial charge in [-0.05, 0) is 30.5 Å². The SMILES string of the molecule is Cc1c(C(=O)CCN2CCc3ccccc3C2)cnn1-c1ncccn1. The van der Waals surface area contributed by atoms with Crippen molar-refractivity contribution in [3.63, 3.8) is 0 Å². The first-order chi connectivity index (χ1) is 12.7. The van der Waals surface area contributed by atoms with Gasteiger partial charge in [0.25, 0.3) is 5.95 Å². The van der Waals surface area contributed by atoms with Gasteiger partial charge in [0.15, 0.2) is 5.78 Å². The highest BCUT2D eigenvalue weighted by molar-refractivity contribution is 5.97. The fourth-order valence-corrected chi connectivity index (χ4v) is 3.42. The van der Waals surface area contributed by atoms with Crippen LogP contribution in [0.15, 0.2) is 48.9 Å². The second kappa shape index (κ2) is 7.17. The second-order valence-electron chi connectivity index (χ2n) is 6.57. The van der Waals surface area contributed by atoms with E-state index in [1.807, 2.05) is 6.92 Å². The van der Waals surface area contributed by atoms with Crippen LogP contribution >= 0.6 is 0 Å². The summed E-state index contributed by atoms with van der Waals surface area (Å²) in [6.45, 7) is 4.56. The Morgan fingerprint density at radius 2 is 1.88 bits per heavy atom. The molecule has 0 fully saturated rings. The van der Waals surface area contributed by atoms with Gasteiger partial charge in [-0.15, -0.1) is 0 Å². The van der Waals surface area contributed by atoms with Crippen LogP contribution in [0.2, 0.25) is 0 Å². The molecule has 0 atom stereocenters. The molecule has 4 rings (SSSR count). The van der Waals surface area contributed by atoms with Crippen LogP contribution < -0.4 is 0 Å². The van der Waals surface area contributed by atoms with E-state index in [0.717, 1.165) is 31.7 Å². The molecule has 3 aromatic rings. The Bertz CT molecular complexity index is 919. The molecule has 0 spiro atoms. The van der Waals surface area contributed by atoms with Crippen LogP contribution in [0.3, 0.4) is 0 Å². The number of aromatic nitrogens is 4. The van der Waals surface area contributed by atoms with Gasteiger partial charge in [0.05, 0.1) is 17.5 Å². The molecule has 6 heteroatoms. The molecule has 0 saturated heterocycles. The predicted molar refractivity (Wildman–Crippen MR) is 98.3 cm³/mol. The van der Waals surface area contributed by atoms with E-state index >= 15 is 0 Å². The van der Waals surface area contributed by atoms with Crippen LogP contribution in [-0.4, -0.2) is 43.5 Å². The maximum absolute atomic E-state index is 12.7. The molecule has 1 aromatic carbocycles. The molecule has 26 heavy (non-hydrogen) atoms. The van der Waals surface area contributed by atoms with Crippen LogP contribution in [0.25, 0.3) is 5.95 Å². The lowest BCUT2D eigenvalue weighted by Crippen LogP contribution is -2.32. The average molecular weight is 347 g/mol. The number of hydrogen-bond acceptors (Lipinski definition) is 5. The Hall–Kier alpha value is -2.86. The van der Waals surface area contributed by atoms with Gasteiger partial charge < -0.3 is 0 Å². The first kappa shape index (κ1) is 16.6. The predicted octanol–water partition coefficient (Wildman–Crippen LogP) is 2.60. The molecule has 3 heterocycles. The van der Waals surface area contributed by atoms with Crippen LogP contribution in [-0.2, 0) is 13.0 Å². The standard InChI is InChI=1S/C20H21N5O/c1-15-18(13-23-25(15)20-21-9-4-10-22-20)19(26)8-12-24-11-7-16-5-2-3-6-17(16)14-24/h2-6,9-10,13H,7-8,11-12,14H2,1H3. The molecule has 1 aliphatic heterocycles. The van der Waals surface area contributed by atoms with Crippen LogP contribution in [0.1, 0.15) is 33.6 Å². The summed E-state index contributed by atoms with van der Waals surface area (Å²) >= 11 is 0. The van der Waals surface area contributed by atoms with Crippen molar-refractivity contribution in [2.45, 2.75) is 26.3 Å². The average Bonchev–Trinajstić information content (AvgIpc) is 3.08. The molecule has 132 valence electrons. The molecule has 0 N–H and O–H groups in total. The highest BCUT2D eigenvalue weighted by Gasteiger charge is 2.19. The Balaban J connectivity index is 1.41. The van der Waals surface area contributed by atoms with E-state index < -0.39 is 0 Å². The lowest BCUT2D eigenvalue weighted by Gasteiger charge is -2.28. The van der Waals surface area contributed by atoms with Gasteiger partial charge in [-0.1, -0.05) is 24.3 Å². The second-order valence-corrected chi connectivity index (χ2v) is 6.57. The fourth-order valence-electron chi connectivity index (χ4n) is 3.42. The normalized spacial score (nSPS) is 14.2. The van der Waals surface area contributed by atoms with E-state index in [9.17, 15) is 4.79 Å². The number of fused-ring (bicyclic) bond motifs is 1. The lowest BCUT2D eigenvalue weighted by atomic mass is 9.99. The third-order valence-electron chi connectivity index (χ3n) is 4.92. The van der Waals surface area contributed by atoms with Crippen molar-refractivity contribution < 1.29 is 4.79 Å². The number of ketones is 1. The minimum atomic E-state index is 0.114. The molecular weight excluding hydrogens is 326 g/mol. The summed E-state index contributed by atoms with van der Waals surface area (Å²) in [7, 11) is 0. The summed E-state index contributed by atoms with van der Waals surface area (Å²) in [5.74, 6) is 0.597. The summed E-state index contributed by atoms with van der Waals surface area (Å²) in [4.78, 5) is 23.4. The number of carbonyl (C=O) groups excluding carboxylic acids is 1. The first-order valence-electron chi connectivity index (χ1n) is 8.87. The molecule has 0 amide bonds. The smallest absolute Gasteiger partial charge is 0.250 e. The highest BCUT2D eigenvalue weighted by Crippen LogP contribution is 2.19. The van der Waals surface area contributed by atoms with E-state index in [1.165, 1.54) is 11.1 Å². The van der Waals surface area contributed by atoms with Crippen molar-refractivity contribution >= 4 is 5.78 Å². The van der Waals surface area contributed by atoms with Crippen molar-refractivity contribution in [2.24, 2.45) is 0 Å². The van der Waals surface area contributed by atoms with Crippen LogP contribution in [0.4, 0.5) is 0 Å². The largest absolute Gasteiger partial charge is 0.298 e. The molecule has 0 radical (unpaired) electrons. The Morgan fingerprint density at radius 1 is 1.12 bits per heavy atom. The maximum atomic E-state index is 12.7. The summed E-state index contributed by atoms with van der Waals surface area (Å²) in [6, 6.07) is 10.3. The topological polar surface area (TPSA) is 63.9 Å². The minimum Gasteiger partial charge on any atom is -0.298 e. The number of benzene rings is 1. The van der Waals surface area contributed by atoms with Gasteiger partial charge in [0.1, 0.15) is 0 Å². The maximum Gasteiger partial charge on any atom is 0.250 e. The van der Waals surface area contributed by atoms with Gasteiger partial charge in [-0.3, -0.25) is 9.69 Å². The van der Waals surface area contributed by atoms with E-state index in [2.05, 4.69) is 44.2 Å². The van der Waals surface area contributed by atoms with E-state index in [0.29, 0.717) is 17.9 Å². The zero-order valence-corrected chi connectivity index (χ0v) is 14.8. The Morgan fingerprint density at radius 3 is 2.69 bits per heavy atom. The zero-order valence-electron chi connectivity index (χ0n) is 14.8. The molecule has 6 nitrogen and oxygen atoms in total. The third-order valence-corrected chi connectivity index (χ3v) is 4.92. The molecule has 0 saturated carbocycles. The third kappa shape index (κ3) is 3.28.